The summed E-state index contributed by atoms with van der Waals surface area (Å²) < 4.78 is 0. The van der Waals surface area contributed by atoms with Gasteiger partial charge in [0.15, 0.2) is 0 Å². The van der Waals surface area contributed by atoms with E-state index in [0.29, 0.717) is 11.4 Å². The molecule has 0 aliphatic carbocycles. The molecule has 0 atom stereocenters. The lowest BCUT2D eigenvalue weighted by molar-refractivity contribution is -0.151. The number of aromatic nitrogens is 1. The maximum atomic E-state index is 11.5. The van der Waals surface area contributed by atoms with Gasteiger partial charge in [-0.05, 0) is 36.4 Å². The maximum Gasteiger partial charge on any atom is 0.396 e. The van der Waals surface area contributed by atoms with Crippen LogP contribution in [0.15, 0.2) is 72.8 Å². The zero-order valence-electron chi connectivity index (χ0n) is 19.0. The molecule has 0 radical (unpaired) electrons. The molecule has 0 fully saturated rings. The first kappa shape index (κ1) is 25.9. The van der Waals surface area contributed by atoms with E-state index in [4.69, 9.17) is 16.6 Å². The van der Waals surface area contributed by atoms with Crippen LogP contribution in [0.1, 0.15) is 10.4 Å². The number of pyridine rings is 1. The van der Waals surface area contributed by atoms with Crippen molar-refractivity contribution in [1.29, 1.82) is 0 Å². The Morgan fingerprint density at radius 1 is 0.676 bits per heavy atom. The summed E-state index contributed by atoms with van der Waals surface area (Å²) >= 11 is 0. The number of rotatable bonds is 1. The number of nitrogens with two attached hydrogens (primary N) is 2. The van der Waals surface area contributed by atoms with Crippen molar-refractivity contribution < 1.29 is 29.1 Å². The summed E-state index contributed by atoms with van der Waals surface area (Å²) in [5.41, 5.74) is 21.9. The van der Waals surface area contributed by atoms with Crippen molar-refractivity contribution in [3.63, 3.8) is 0 Å². The minimum Gasteiger partial charge on any atom is -0.474 e. The van der Waals surface area contributed by atoms with Crippen LogP contribution in [-0.4, -0.2) is 39.7 Å². The van der Waals surface area contributed by atoms with Crippen LogP contribution in [0.5, 0.6) is 0 Å². The summed E-state index contributed by atoms with van der Waals surface area (Å²) in [4.78, 5) is 59.1. The van der Waals surface area contributed by atoms with Crippen molar-refractivity contribution in [3.05, 3.63) is 78.4 Å². The molecule has 188 valence electrons. The third kappa shape index (κ3) is 6.66. The molecule has 4 rings (SSSR count). The van der Waals surface area contributed by atoms with Crippen molar-refractivity contribution in [1.82, 2.24) is 26.7 Å². The minimum atomic E-state index is -1.84. The minimum absolute atomic E-state index is 0.248. The Balaban J connectivity index is 0.000000212. The van der Waals surface area contributed by atoms with Crippen LogP contribution >= 0.6 is 0 Å². The molecular weight excluding hydrogens is 482 g/mol. The number of nitrogen functional groups attached to an aromatic ring is 2. The molecule has 4 amide bonds. The van der Waals surface area contributed by atoms with Crippen molar-refractivity contribution in [2.45, 2.75) is 0 Å². The van der Waals surface area contributed by atoms with Gasteiger partial charge in [-0.25, -0.2) is 9.78 Å². The van der Waals surface area contributed by atoms with Crippen molar-refractivity contribution in [2.24, 2.45) is 0 Å². The fraction of sp³-hybridized carbons (Fsp3) is 0. The van der Waals surface area contributed by atoms with Crippen LogP contribution in [-0.2, 0) is 19.2 Å². The molecule has 0 aliphatic rings. The third-order valence-electron chi connectivity index (χ3n) is 4.77. The summed E-state index contributed by atoms with van der Waals surface area (Å²) in [5, 5.41) is 10.2. The summed E-state index contributed by atoms with van der Waals surface area (Å²) in [7, 11) is 0. The van der Waals surface area contributed by atoms with Gasteiger partial charge in [0.2, 0.25) is 0 Å². The van der Waals surface area contributed by atoms with Crippen LogP contribution in [0.25, 0.3) is 21.8 Å². The average Bonchev–Trinajstić information content (AvgIpc) is 2.92. The number of carboxylic acid groups (broad SMARTS) is 1. The lowest BCUT2D eigenvalue weighted by Crippen LogP contribution is -2.53. The largest absolute Gasteiger partial charge is 0.474 e. The summed E-state index contributed by atoms with van der Waals surface area (Å²) in [6, 6.07) is 21.4. The van der Waals surface area contributed by atoms with Crippen molar-refractivity contribution >= 4 is 62.8 Å². The molecule has 37 heavy (non-hydrogen) atoms. The van der Waals surface area contributed by atoms with Crippen LogP contribution in [0, 0.1) is 0 Å². The van der Waals surface area contributed by atoms with E-state index in [1.807, 2.05) is 41.8 Å². The van der Waals surface area contributed by atoms with Gasteiger partial charge in [-0.1, -0.05) is 36.4 Å². The van der Waals surface area contributed by atoms with Crippen LogP contribution < -0.4 is 33.2 Å². The molecule has 3 aromatic carbocycles. The number of hydrazine groups is 2. The zero-order chi connectivity index (χ0) is 26.9. The molecule has 0 spiro atoms. The van der Waals surface area contributed by atoms with E-state index >= 15 is 0 Å². The van der Waals surface area contributed by atoms with E-state index in [-0.39, 0.29) is 5.56 Å². The Bertz CT molecular complexity index is 1450. The highest BCUT2D eigenvalue weighted by molar-refractivity contribution is 6.36. The van der Waals surface area contributed by atoms with Gasteiger partial charge in [-0.2, -0.15) is 0 Å². The Labute approximate surface area is 208 Å². The molecule has 9 N–H and O–H groups in total. The number of hydrogen-bond acceptors (Lipinski definition) is 8. The fourth-order valence-electron chi connectivity index (χ4n) is 2.96. The van der Waals surface area contributed by atoms with Crippen LogP contribution in [0.4, 0.5) is 11.4 Å². The quantitative estimate of drug-likeness (QED) is 0.0817. The molecular formula is C24H21N7O6. The maximum absolute atomic E-state index is 11.5. The number of amides is 4. The Hall–Kier alpha value is -5.72. The second kappa shape index (κ2) is 11.6. The molecule has 1 heterocycles. The van der Waals surface area contributed by atoms with Gasteiger partial charge < -0.3 is 16.6 Å². The number of nitrogens with one attached hydrogen (secondary N) is 4. The number of hydrogen-bond donors (Lipinski definition) is 7. The highest BCUT2D eigenvalue weighted by atomic mass is 16.4. The molecule has 0 saturated carbocycles. The van der Waals surface area contributed by atoms with Crippen molar-refractivity contribution in [2.75, 3.05) is 11.5 Å². The summed E-state index contributed by atoms with van der Waals surface area (Å²) in [6.07, 6.45) is 0. The van der Waals surface area contributed by atoms with E-state index in [1.54, 1.807) is 35.1 Å². The number of carbonyl (C=O) groups is 5. The SMILES string of the molecule is Nc1ccc(N)c2nc3ccccc3cc12.O=C(O)C(=O)NNC(=O)C(=O)NNC(=O)c1ccccc1. The van der Waals surface area contributed by atoms with E-state index in [0.717, 1.165) is 21.8 Å². The molecule has 0 unspecified atom stereocenters. The fourth-order valence-corrected chi connectivity index (χ4v) is 2.96. The van der Waals surface area contributed by atoms with Gasteiger partial charge in [0.25, 0.3) is 5.91 Å². The predicted octanol–water partition coefficient (Wildman–Crippen LogP) is 0.232. The van der Waals surface area contributed by atoms with E-state index in [2.05, 4.69) is 4.98 Å². The number of benzene rings is 3. The average molecular weight is 503 g/mol. The highest BCUT2D eigenvalue weighted by Gasteiger charge is 2.17. The number of carbonyl (C=O) groups excluding carboxylic acids is 4. The molecule has 4 aromatic rings. The molecule has 0 saturated heterocycles. The van der Waals surface area contributed by atoms with Crippen molar-refractivity contribution in [3.8, 4) is 0 Å². The lowest BCUT2D eigenvalue weighted by Gasteiger charge is -2.07. The van der Waals surface area contributed by atoms with Gasteiger partial charge in [-0.15, -0.1) is 0 Å². The molecule has 13 heteroatoms. The first-order valence-electron chi connectivity index (χ1n) is 10.5. The van der Waals surface area contributed by atoms with E-state index < -0.39 is 29.6 Å². The number of aliphatic carboxylic acids is 1. The number of fused-ring (bicyclic) bond motifs is 2. The Morgan fingerprint density at radius 2 is 1.24 bits per heavy atom. The Morgan fingerprint density at radius 3 is 1.92 bits per heavy atom. The standard InChI is InChI=1S/C13H11N3.C11H10N4O6/c14-10-5-6-11(15)13-9(10)7-8-3-1-2-4-12(8)16-13;16-7(6-4-2-1-3-5-6)12-13-8(17)9(18)14-15-10(19)11(20)21/h1-7H,14-15H2;1-5H,(H,12,16)(H,13,17)(H,14,18)(H,15,19)(H,20,21). The number of para-hydroxylation sites is 1. The normalized spacial score (nSPS) is 9.95. The number of carboxylic acids is 1. The second-order valence-corrected chi connectivity index (χ2v) is 7.31. The lowest BCUT2D eigenvalue weighted by atomic mass is 10.1. The highest BCUT2D eigenvalue weighted by Crippen LogP contribution is 2.27. The van der Waals surface area contributed by atoms with Gasteiger partial charge >= 0.3 is 23.7 Å². The topological polar surface area (TPSA) is 219 Å². The monoisotopic (exact) mass is 503 g/mol. The first-order chi connectivity index (χ1) is 17.7. The van der Waals surface area contributed by atoms with Gasteiger partial charge in [0, 0.05) is 22.0 Å². The second-order valence-electron chi connectivity index (χ2n) is 7.31. The number of anilines is 2. The zero-order valence-corrected chi connectivity index (χ0v) is 19.0. The third-order valence-corrected chi connectivity index (χ3v) is 4.77. The van der Waals surface area contributed by atoms with Gasteiger partial charge in [0.05, 0.1) is 16.7 Å². The van der Waals surface area contributed by atoms with Gasteiger partial charge in [0.1, 0.15) is 0 Å². The van der Waals surface area contributed by atoms with E-state index in [1.165, 1.54) is 17.6 Å². The van der Waals surface area contributed by atoms with Crippen LogP contribution in [0.2, 0.25) is 0 Å². The smallest absolute Gasteiger partial charge is 0.396 e. The molecule has 13 nitrogen and oxygen atoms in total. The summed E-state index contributed by atoms with van der Waals surface area (Å²) in [6.45, 7) is 0. The van der Waals surface area contributed by atoms with Gasteiger partial charge in [-0.3, -0.25) is 40.9 Å². The Kier molecular flexibility index (Phi) is 8.13. The van der Waals surface area contributed by atoms with Crippen LogP contribution in [0.3, 0.4) is 0 Å². The molecule has 0 bridgehead atoms. The summed E-state index contributed by atoms with van der Waals surface area (Å²) in [5.74, 6) is -6.69. The van der Waals surface area contributed by atoms with E-state index in [9.17, 15) is 24.0 Å². The predicted molar refractivity (Wildman–Crippen MR) is 134 cm³/mol. The molecule has 0 aliphatic heterocycles. The number of nitrogens with zero attached hydrogens (tertiary/aromatic N) is 1. The molecule has 1 aromatic heterocycles. The first-order valence-corrected chi connectivity index (χ1v) is 10.5.